The fourth-order valence-corrected chi connectivity index (χ4v) is 2.96. The minimum Gasteiger partial charge on any atom is -0.462 e. The van der Waals surface area contributed by atoms with Gasteiger partial charge in [0.05, 0.1) is 27.5 Å². The van der Waals surface area contributed by atoms with Gasteiger partial charge in [-0.1, -0.05) is 17.7 Å². The average molecular weight is 376 g/mol. The summed E-state index contributed by atoms with van der Waals surface area (Å²) in [7, 11) is 0. The van der Waals surface area contributed by atoms with Crippen molar-refractivity contribution in [3.05, 3.63) is 39.0 Å². The van der Waals surface area contributed by atoms with Crippen LogP contribution >= 0.6 is 39.1 Å². The van der Waals surface area contributed by atoms with Crippen LogP contribution in [0.15, 0.2) is 22.7 Å². The maximum Gasteiger partial charge on any atom is 0.343 e. The number of anilines is 2. The summed E-state index contributed by atoms with van der Waals surface area (Å²) in [4.78, 5) is 12.0. The molecule has 1 aromatic heterocycles. The predicted molar refractivity (Wildman–Crippen MR) is 85.2 cm³/mol. The zero-order valence-corrected chi connectivity index (χ0v) is 14.0. The van der Waals surface area contributed by atoms with Gasteiger partial charge in [0.2, 0.25) is 0 Å². The summed E-state index contributed by atoms with van der Waals surface area (Å²) in [5, 5.41) is 4.40. The van der Waals surface area contributed by atoms with E-state index in [-0.39, 0.29) is 5.97 Å². The quantitative estimate of drug-likeness (QED) is 0.781. The second-order valence-corrected chi connectivity index (χ2v) is 5.89. The first kappa shape index (κ1) is 15.3. The molecule has 2 rings (SSSR count). The van der Waals surface area contributed by atoms with Gasteiger partial charge in [-0.05, 0) is 53.4 Å². The summed E-state index contributed by atoms with van der Waals surface area (Å²) in [6.07, 6.45) is 0. The molecule has 7 heteroatoms. The van der Waals surface area contributed by atoms with E-state index in [4.69, 9.17) is 16.3 Å². The van der Waals surface area contributed by atoms with Gasteiger partial charge in [0.1, 0.15) is 10.6 Å². The van der Waals surface area contributed by atoms with E-state index >= 15 is 0 Å². The van der Waals surface area contributed by atoms with Crippen LogP contribution < -0.4 is 5.32 Å². The topological polar surface area (TPSA) is 51.2 Å². The van der Waals surface area contributed by atoms with Crippen molar-refractivity contribution in [2.24, 2.45) is 0 Å². The molecule has 0 bridgehead atoms. The van der Waals surface area contributed by atoms with Crippen LogP contribution in [0, 0.1) is 6.92 Å². The molecule has 0 spiro atoms. The third-order valence-electron chi connectivity index (χ3n) is 2.54. The highest BCUT2D eigenvalue weighted by Crippen LogP contribution is 2.35. The molecule has 0 atom stereocenters. The number of aromatic nitrogens is 1. The van der Waals surface area contributed by atoms with Gasteiger partial charge in [0, 0.05) is 0 Å². The number of hydrogen-bond donors (Lipinski definition) is 1. The molecule has 1 aromatic carbocycles. The fraction of sp³-hybridized carbons (Fsp3) is 0.231. The number of hydrogen-bond acceptors (Lipinski definition) is 5. The maximum absolute atomic E-state index is 12.0. The second-order valence-electron chi connectivity index (χ2n) is 3.92. The largest absolute Gasteiger partial charge is 0.462 e. The Morgan fingerprint density at radius 3 is 3.00 bits per heavy atom. The lowest BCUT2D eigenvalue weighted by molar-refractivity contribution is 0.0527. The van der Waals surface area contributed by atoms with Crippen molar-refractivity contribution in [3.63, 3.8) is 0 Å². The van der Waals surface area contributed by atoms with Crippen LogP contribution in [0.25, 0.3) is 0 Å². The highest BCUT2D eigenvalue weighted by atomic mass is 79.9. The molecule has 0 aliphatic carbocycles. The molecule has 4 nitrogen and oxygen atoms in total. The van der Waals surface area contributed by atoms with E-state index < -0.39 is 0 Å². The number of ether oxygens (including phenoxy) is 1. The molecule has 1 N–H and O–H groups in total. The molecule has 0 saturated carbocycles. The summed E-state index contributed by atoms with van der Waals surface area (Å²) in [6, 6.07) is 5.47. The highest BCUT2D eigenvalue weighted by Gasteiger charge is 2.20. The van der Waals surface area contributed by atoms with Gasteiger partial charge >= 0.3 is 5.97 Å². The van der Waals surface area contributed by atoms with Gasteiger partial charge in [-0.2, -0.15) is 4.37 Å². The van der Waals surface area contributed by atoms with Gasteiger partial charge in [0.25, 0.3) is 0 Å². The molecule has 0 aliphatic rings. The lowest BCUT2D eigenvalue weighted by Gasteiger charge is -2.09. The van der Waals surface area contributed by atoms with Crippen LogP contribution in [0.3, 0.4) is 0 Å². The van der Waals surface area contributed by atoms with E-state index in [0.29, 0.717) is 27.9 Å². The van der Waals surface area contributed by atoms with E-state index in [2.05, 4.69) is 25.6 Å². The Morgan fingerprint density at radius 1 is 1.55 bits per heavy atom. The lowest BCUT2D eigenvalue weighted by Crippen LogP contribution is -2.07. The molecule has 0 amide bonds. The van der Waals surface area contributed by atoms with E-state index in [1.807, 2.05) is 12.1 Å². The van der Waals surface area contributed by atoms with Crippen molar-refractivity contribution in [1.82, 2.24) is 4.37 Å². The third-order valence-corrected chi connectivity index (χ3v) is 4.79. The summed E-state index contributed by atoms with van der Waals surface area (Å²) < 4.78 is 9.99. The van der Waals surface area contributed by atoms with Crippen LogP contribution in [-0.4, -0.2) is 16.9 Å². The first-order valence-electron chi connectivity index (χ1n) is 5.89. The van der Waals surface area contributed by atoms with E-state index in [9.17, 15) is 4.79 Å². The highest BCUT2D eigenvalue weighted by molar-refractivity contribution is 9.10. The van der Waals surface area contributed by atoms with E-state index in [1.165, 1.54) is 11.5 Å². The zero-order valence-electron chi connectivity index (χ0n) is 10.9. The summed E-state index contributed by atoms with van der Waals surface area (Å²) in [5.41, 5.74) is 1.88. The number of halogens is 2. The number of esters is 1. The Labute approximate surface area is 134 Å². The molecule has 0 aliphatic heterocycles. The SMILES string of the molecule is CCOC(=O)c1c(C)nsc1Nc1cccc(Cl)c1Br. The first-order valence-corrected chi connectivity index (χ1v) is 7.83. The van der Waals surface area contributed by atoms with Crippen molar-refractivity contribution < 1.29 is 9.53 Å². The molecule has 2 aromatic rings. The first-order chi connectivity index (χ1) is 9.54. The Hall–Kier alpha value is -1.11. The van der Waals surface area contributed by atoms with Crippen molar-refractivity contribution in [1.29, 1.82) is 0 Å². The number of nitrogens with zero attached hydrogens (tertiary/aromatic N) is 1. The number of benzene rings is 1. The number of carbonyl (C=O) groups excluding carboxylic acids is 1. The molecule has 20 heavy (non-hydrogen) atoms. The monoisotopic (exact) mass is 374 g/mol. The van der Waals surface area contributed by atoms with Crippen LogP contribution in [0.4, 0.5) is 10.7 Å². The van der Waals surface area contributed by atoms with Crippen molar-refractivity contribution in [2.75, 3.05) is 11.9 Å². The van der Waals surface area contributed by atoms with Crippen molar-refractivity contribution in [3.8, 4) is 0 Å². The molecular weight excluding hydrogens is 364 g/mol. The summed E-state index contributed by atoms with van der Waals surface area (Å²) >= 11 is 10.7. The number of aryl methyl sites for hydroxylation is 1. The Morgan fingerprint density at radius 2 is 2.30 bits per heavy atom. The normalized spacial score (nSPS) is 10.4. The van der Waals surface area contributed by atoms with Crippen LogP contribution in [0.2, 0.25) is 5.02 Å². The van der Waals surface area contributed by atoms with E-state index in [0.717, 1.165) is 10.2 Å². The minimum absolute atomic E-state index is 0.328. The number of nitrogens with one attached hydrogen (secondary N) is 1. The predicted octanol–water partition coefficient (Wildman–Crippen LogP) is 4.79. The average Bonchev–Trinajstić information content (AvgIpc) is 2.76. The van der Waals surface area contributed by atoms with Crippen LogP contribution in [0.1, 0.15) is 23.0 Å². The zero-order chi connectivity index (χ0) is 14.7. The molecule has 106 valence electrons. The van der Waals surface area contributed by atoms with Gasteiger partial charge in [-0.25, -0.2) is 4.79 Å². The van der Waals surface area contributed by atoms with Gasteiger partial charge in [-0.15, -0.1) is 0 Å². The molecule has 0 saturated heterocycles. The van der Waals surface area contributed by atoms with Crippen LogP contribution in [0.5, 0.6) is 0 Å². The molecule has 1 heterocycles. The minimum atomic E-state index is -0.376. The Balaban J connectivity index is 2.35. The second kappa shape index (κ2) is 6.56. The molecular formula is C13H12BrClN2O2S. The number of rotatable bonds is 4. The van der Waals surface area contributed by atoms with Gasteiger partial charge < -0.3 is 10.1 Å². The smallest absolute Gasteiger partial charge is 0.343 e. The Bertz CT molecular complexity index is 645. The summed E-state index contributed by atoms with van der Waals surface area (Å²) in [5.74, 6) is -0.376. The van der Waals surface area contributed by atoms with Crippen molar-refractivity contribution in [2.45, 2.75) is 13.8 Å². The lowest BCUT2D eigenvalue weighted by atomic mass is 10.2. The molecule has 0 fully saturated rings. The molecule has 0 radical (unpaired) electrons. The maximum atomic E-state index is 12.0. The standard InChI is InChI=1S/C13H12BrClN2O2S/c1-3-19-13(18)10-7(2)17-20-12(10)16-9-6-4-5-8(15)11(9)14/h4-6,16H,3H2,1-2H3. The third kappa shape index (κ3) is 3.13. The summed E-state index contributed by atoms with van der Waals surface area (Å²) in [6.45, 7) is 3.88. The van der Waals surface area contributed by atoms with E-state index in [1.54, 1.807) is 19.9 Å². The fourth-order valence-electron chi connectivity index (χ4n) is 1.62. The molecule has 0 unspecified atom stereocenters. The number of carbonyl (C=O) groups is 1. The Kier molecular flexibility index (Phi) is 5.01. The van der Waals surface area contributed by atoms with Gasteiger partial charge in [-0.3, -0.25) is 0 Å². The van der Waals surface area contributed by atoms with Crippen molar-refractivity contribution >= 4 is 55.7 Å². The van der Waals surface area contributed by atoms with Crippen LogP contribution in [-0.2, 0) is 4.74 Å². The van der Waals surface area contributed by atoms with Gasteiger partial charge in [0.15, 0.2) is 0 Å².